The van der Waals surface area contributed by atoms with Gasteiger partial charge in [-0.05, 0) is 10.8 Å². The minimum atomic E-state index is -1.21. The predicted octanol–water partition coefficient (Wildman–Crippen LogP) is 2.76. The number of hydrogen-bond acceptors (Lipinski definition) is 8. The van der Waals surface area contributed by atoms with Gasteiger partial charge in [-0.15, -0.1) is 0 Å². The fraction of sp³-hybridized carbons (Fsp3) is 0.571. The van der Waals surface area contributed by atoms with Gasteiger partial charge < -0.3 is 10.4 Å². The van der Waals surface area contributed by atoms with Crippen molar-refractivity contribution in [1.82, 2.24) is 5.32 Å². The van der Waals surface area contributed by atoms with Crippen LogP contribution in [0.2, 0.25) is 0 Å². The summed E-state index contributed by atoms with van der Waals surface area (Å²) in [6.45, 7) is 11.6. The molecule has 1 aromatic carbocycles. The van der Waals surface area contributed by atoms with Gasteiger partial charge in [-0.25, -0.2) is 0 Å². The highest BCUT2D eigenvalue weighted by molar-refractivity contribution is 5.64. The summed E-state index contributed by atoms with van der Waals surface area (Å²) in [6, 6.07) is 0.894. The molecule has 0 bridgehead atoms. The molecule has 1 aliphatic rings. The summed E-state index contributed by atoms with van der Waals surface area (Å²) in [7, 11) is 0. The lowest BCUT2D eigenvalue weighted by Crippen LogP contribution is -2.30. The zero-order chi connectivity index (χ0) is 19.6. The lowest BCUT2D eigenvalue weighted by molar-refractivity contribution is -0.404. The van der Waals surface area contributed by atoms with Crippen LogP contribution in [0.4, 0.5) is 17.1 Å². The molecule has 0 spiro atoms. The Labute approximate surface area is 143 Å². The van der Waals surface area contributed by atoms with E-state index < -0.39 is 37.6 Å². The van der Waals surface area contributed by atoms with E-state index in [4.69, 9.17) is 5.11 Å². The van der Waals surface area contributed by atoms with Gasteiger partial charge in [0.15, 0.2) is 0 Å². The average molecular weight is 356 g/mol. The van der Waals surface area contributed by atoms with Crippen molar-refractivity contribution in [2.24, 2.45) is 10.8 Å². The molecule has 0 aromatic heterocycles. The number of rotatable bonds is 3. The molecule has 11 nitrogen and oxygen atoms in total. The third-order valence-corrected chi connectivity index (χ3v) is 4.62. The number of phenolic OH excluding ortho intramolecular Hbond substituents is 1. The second-order valence-electron chi connectivity index (χ2n) is 6.98. The lowest BCUT2D eigenvalue weighted by Gasteiger charge is -2.33. The average Bonchev–Trinajstić information content (AvgIpc) is 2.70. The molecule has 138 valence electrons. The largest absolute Gasteiger partial charge is 0.497 e. The van der Waals surface area contributed by atoms with Crippen LogP contribution in [0.1, 0.15) is 27.7 Å². The first-order chi connectivity index (χ1) is 11.3. The summed E-state index contributed by atoms with van der Waals surface area (Å²) >= 11 is 0. The van der Waals surface area contributed by atoms with E-state index in [9.17, 15) is 30.3 Å². The Bertz CT molecular complexity index is 666. The smallest absolute Gasteiger partial charge is 0.324 e. The van der Waals surface area contributed by atoms with Crippen molar-refractivity contribution in [2.45, 2.75) is 27.7 Å². The zero-order valence-corrected chi connectivity index (χ0v) is 14.3. The van der Waals surface area contributed by atoms with Crippen LogP contribution in [0.3, 0.4) is 0 Å². The van der Waals surface area contributed by atoms with Crippen molar-refractivity contribution in [3.63, 3.8) is 0 Å². The fourth-order valence-electron chi connectivity index (χ4n) is 2.14. The van der Waals surface area contributed by atoms with Gasteiger partial charge >= 0.3 is 11.4 Å². The molecule has 2 rings (SSSR count). The Hall–Kier alpha value is -2.82. The maximum atomic E-state index is 10.4. The second kappa shape index (κ2) is 6.97. The van der Waals surface area contributed by atoms with Crippen LogP contribution in [0, 0.1) is 41.2 Å². The molecule has 2 N–H and O–H groups in total. The van der Waals surface area contributed by atoms with E-state index in [1.54, 1.807) is 0 Å². The Morgan fingerprint density at radius 2 is 1.24 bits per heavy atom. The number of nitrogens with one attached hydrogen (secondary N) is 1. The Morgan fingerprint density at radius 3 is 1.44 bits per heavy atom. The number of aromatic hydroxyl groups is 1. The maximum absolute atomic E-state index is 10.4. The fourth-order valence-corrected chi connectivity index (χ4v) is 2.14. The zero-order valence-electron chi connectivity index (χ0n) is 14.3. The van der Waals surface area contributed by atoms with Gasteiger partial charge in [0.25, 0.3) is 11.4 Å². The van der Waals surface area contributed by atoms with Gasteiger partial charge in [0.2, 0.25) is 0 Å². The van der Waals surface area contributed by atoms with Crippen LogP contribution < -0.4 is 5.32 Å². The van der Waals surface area contributed by atoms with Crippen molar-refractivity contribution < 1.29 is 19.9 Å². The highest BCUT2D eigenvalue weighted by Crippen LogP contribution is 2.41. The number of hydrogen-bond donors (Lipinski definition) is 2. The highest BCUT2D eigenvalue weighted by atomic mass is 16.6. The molecule has 11 heteroatoms. The number of non-ortho nitro benzene ring substituents is 1. The van der Waals surface area contributed by atoms with Crippen molar-refractivity contribution >= 4 is 17.1 Å². The Kier molecular flexibility index (Phi) is 5.64. The molecule has 0 radical (unpaired) electrons. The minimum absolute atomic E-state index is 0.447. The summed E-state index contributed by atoms with van der Waals surface area (Å²) in [5, 5.41) is 43.6. The first-order valence-electron chi connectivity index (χ1n) is 7.31. The predicted molar refractivity (Wildman–Crippen MR) is 88.5 cm³/mol. The van der Waals surface area contributed by atoms with Crippen molar-refractivity contribution in [3.8, 4) is 5.75 Å². The van der Waals surface area contributed by atoms with Crippen molar-refractivity contribution in [3.05, 3.63) is 42.5 Å². The molecule has 0 amide bonds. The second-order valence-corrected chi connectivity index (χ2v) is 6.98. The van der Waals surface area contributed by atoms with E-state index in [1.165, 1.54) is 13.1 Å². The Balaban J connectivity index is 0.000000293. The van der Waals surface area contributed by atoms with Gasteiger partial charge in [-0.2, -0.15) is 0 Å². The molecule has 0 aliphatic carbocycles. The molecular weight excluding hydrogens is 336 g/mol. The normalized spacial score (nSPS) is 17.3. The van der Waals surface area contributed by atoms with E-state index in [1.807, 2.05) is 0 Å². The lowest BCUT2D eigenvalue weighted by atomic mass is 9.71. The van der Waals surface area contributed by atoms with Crippen LogP contribution >= 0.6 is 0 Å². The van der Waals surface area contributed by atoms with Gasteiger partial charge in [0.05, 0.1) is 26.9 Å². The highest BCUT2D eigenvalue weighted by Gasteiger charge is 2.40. The van der Waals surface area contributed by atoms with Crippen LogP contribution in [0.5, 0.6) is 5.75 Å². The number of nitro benzene ring substituents is 3. The molecule has 1 heterocycles. The summed E-state index contributed by atoms with van der Waals surface area (Å²) in [5.74, 6) is -1.21. The molecule has 25 heavy (non-hydrogen) atoms. The van der Waals surface area contributed by atoms with E-state index in [0.29, 0.717) is 23.0 Å². The monoisotopic (exact) mass is 356 g/mol. The van der Waals surface area contributed by atoms with Crippen molar-refractivity contribution in [1.29, 1.82) is 0 Å². The van der Waals surface area contributed by atoms with Crippen LogP contribution in [-0.4, -0.2) is 33.0 Å². The van der Waals surface area contributed by atoms with E-state index in [2.05, 4.69) is 33.0 Å². The van der Waals surface area contributed by atoms with Crippen molar-refractivity contribution in [2.75, 3.05) is 13.1 Å². The Morgan fingerprint density at radius 1 is 0.880 bits per heavy atom. The quantitative estimate of drug-likeness (QED) is 0.617. The summed E-state index contributed by atoms with van der Waals surface area (Å²) in [6.07, 6.45) is 0. The first kappa shape index (κ1) is 20.2. The van der Waals surface area contributed by atoms with E-state index in [-0.39, 0.29) is 0 Å². The number of nitrogens with zero attached hydrogens (tertiary/aromatic N) is 3. The molecule has 1 fully saturated rings. The summed E-state index contributed by atoms with van der Waals surface area (Å²) in [4.78, 5) is 27.8. The number of phenols is 1. The SMILES string of the molecule is CC1(C)CNCC1(C)C.O=[N+]([O-])c1cc([N+](=O)[O-])c(O)c([N+](=O)[O-])c1. The molecule has 0 saturated carbocycles. The molecule has 1 aromatic rings. The minimum Gasteiger partial charge on any atom is -0.497 e. The molecule has 0 unspecified atom stereocenters. The molecular formula is C14H20N4O7. The van der Waals surface area contributed by atoms with E-state index >= 15 is 0 Å². The summed E-state index contributed by atoms with van der Waals surface area (Å²) < 4.78 is 0. The van der Waals surface area contributed by atoms with Gasteiger partial charge in [0, 0.05) is 13.1 Å². The standard InChI is InChI=1S/C8H17N.C6H3N3O7/c1-7(2)5-9-6-8(7,3)4;10-6-4(8(13)14)1-3(7(11)12)2-5(6)9(15)16/h9H,5-6H2,1-4H3;1-2,10H. The van der Waals surface area contributed by atoms with E-state index in [0.717, 1.165) is 0 Å². The van der Waals surface area contributed by atoms with Crippen LogP contribution in [0.15, 0.2) is 12.1 Å². The summed E-state index contributed by atoms with van der Waals surface area (Å²) in [5.41, 5.74) is -2.04. The van der Waals surface area contributed by atoms with Gasteiger partial charge in [0.1, 0.15) is 0 Å². The third kappa shape index (κ3) is 4.38. The first-order valence-corrected chi connectivity index (χ1v) is 7.31. The topological polar surface area (TPSA) is 162 Å². The number of nitro groups is 3. The molecule has 0 atom stereocenters. The van der Waals surface area contributed by atoms with Crippen LogP contribution in [-0.2, 0) is 0 Å². The third-order valence-electron chi connectivity index (χ3n) is 4.62. The number of benzene rings is 1. The van der Waals surface area contributed by atoms with Gasteiger partial charge in [-0.3, -0.25) is 30.3 Å². The van der Waals surface area contributed by atoms with Gasteiger partial charge in [-0.1, -0.05) is 27.7 Å². The molecule has 1 aliphatic heterocycles. The maximum Gasteiger partial charge on any atom is 0.324 e. The van der Waals surface area contributed by atoms with Crippen LogP contribution in [0.25, 0.3) is 0 Å². The molecule has 1 saturated heterocycles.